The number of fused-ring (bicyclic) bond motifs is 1. The maximum absolute atomic E-state index is 13.3. The van der Waals surface area contributed by atoms with Gasteiger partial charge in [-0.05, 0) is 47.9 Å². The van der Waals surface area contributed by atoms with Crippen molar-refractivity contribution in [1.29, 1.82) is 0 Å². The molecule has 0 aromatic heterocycles. The van der Waals surface area contributed by atoms with Gasteiger partial charge in [0.2, 0.25) is 10.0 Å². The number of carbonyl (C=O) groups excluding carboxylic acids is 2. The van der Waals surface area contributed by atoms with Crippen LogP contribution in [0.3, 0.4) is 0 Å². The Morgan fingerprint density at radius 3 is 2.26 bits per heavy atom. The van der Waals surface area contributed by atoms with Gasteiger partial charge < -0.3 is 14.5 Å². The van der Waals surface area contributed by atoms with Gasteiger partial charge in [0.1, 0.15) is 0 Å². The van der Waals surface area contributed by atoms with E-state index in [1.165, 1.54) is 28.1 Å². The van der Waals surface area contributed by atoms with Crippen molar-refractivity contribution in [2.24, 2.45) is 0 Å². The number of anilines is 1. The van der Waals surface area contributed by atoms with E-state index in [1.54, 1.807) is 4.90 Å². The van der Waals surface area contributed by atoms with Crippen molar-refractivity contribution in [3.8, 4) is 0 Å². The Morgan fingerprint density at radius 1 is 0.842 bits per heavy atom. The molecule has 1 amide bonds. The number of para-hydroxylation sites is 1. The van der Waals surface area contributed by atoms with Gasteiger partial charge in [-0.1, -0.05) is 54.1 Å². The zero-order valence-electron chi connectivity index (χ0n) is 20.8. The van der Waals surface area contributed by atoms with Crippen LogP contribution in [0.15, 0.2) is 77.7 Å². The van der Waals surface area contributed by atoms with Crippen molar-refractivity contribution >= 4 is 39.2 Å². The van der Waals surface area contributed by atoms with E-state index < -0.39 is 22.6 Å². The number of hydrogen-bond acceptors (Lipinski definition) is 6. The molecule has 0 radical (unpaired) electrons. The number of hydrogen-bond donors (Lipinski definition) is 0. The summed E-state index contributed by atoms with van der Waals surface area (Å²) in [6.45, 7) is 2.28. The summed E-state index contributed by atoms with van der Waals surface area (Å²) in [7, 11) is -3.85. The number of carbonyl (C=O) groups is 2. The summed E-state index contributed by atoms with van der Waals surface area (Å²) in [4.78, 5) is 29.3. The molecule has 2 heterocycles. The number of amides is 1. The molecule has 198 valence electrons. The van der Waals surface area contributed by atoms with E-state index in [-0.39, 0.29) is 21.4 Å². The number of halogens is 1. The van der Waals surface area contributed by atoms with Crippen molar-refractivity contribution in [3.05, 3.63) is 94.5 Å². The number of ether oxygens (including phenoxy) is 1. The van der Waals surface area contributed by atoms with Crippen molar-refractivity contribution < 1.29 is 22.7 Å². The second-order valence-corrected chi connectivity index (χ2v) is 11.6. The fourth-order valence-electron chi connectivity index (χ4n) is 4.80. The Balaban J connectivity index is 1.22. The number of piperazine rings is 1. The third-order valence-electron chi connectivity index (χ3n) is 6.97. The molecule has 3 aromatic carbocycles. The van der Waals surface area contributed by atoms with Crippen LogP contribution in [0, 0.1) is 0 Å². The minimum atomic E-state index is -3.85. The van der Waals surface area contributed by atoms with E-state index in [9.17, 15) is 18.0 Å². The molecule has 38 heavy (non-hydrogen) atoms. The van der Waals surface area contributed by atoms with Crippen molar-refractivity contribution in [2.75, 3.05) is 44.2 Å². The highest BCUT2D eigenvalue weighted by molar-refractivity contribution is 7.89. The normalized spacial score (nSPS) is 16.1. The predicted octanol–water partition coefficient (Wildman–Crippen LogP) is 3.59. The quantitative estimate of drug-likeness (QED) is 0.434. The Kier molecular flexibility index (Phi) is 7.69. The summed E-state index contributed by atoms with van der Waals surface area (Å²) in [5.74, 6) is -1.16. The summed E-state index contributed by atoms with van der Waals surface area (Å²) in [5, 5.41) is 0.0576. The molecule has 8 nitrogen and oxygen atoms in total. The topological polar surface area (TPSA) is 87.2 Å². The lowest BCUT2D eigenvalue weighted by atomic mass is 10.00. The van der Waals surface area contributed by atoms with Crippen LogP contribution in [0.25, 0.3) is 0 Å². The lowest BCUT2D eigenvalue weighted by Crippen LogP contribution is -2.48. The first-order valence-electron chi connectivity index (χ1n) is 12.4. The SMILES string of the molecule is O=C(OCC(=O)N1CCc2ccccc2C1)c1cc(S(=O)(=O)N2CCN(c3ccccc3)CC2)ccc1Cl. The van der Waals surface area contributed by atoms with E-state index in [2.05, 4.69) is 4.90 Å². The molecule has 0 saturated carbocycles. The second-order valence-electron chi connectivity index (χ2n) is 9.28. The van der Waals surface area contributed by atoms with E-state index in [4.69, 9.17) is 16.3 Å². The van der Waals surface area contributed by atoms with Gasteiger partial charge in [-0.3, -0.25) is 4.79 Å². The lowest BCUT2D eigenvalue weighted by molar-refractivity contribution is -0.135. The largest absolute Gasteiger partial charge is 0.452 e. The van der Waals surface area contributed by atoms with Crippen molar-refractivity contribution in [1.82, 2.24) is 9.21 Å². The van der Waals surface area contributed by atoms with Crippen LogP contribution in [0.4, 0.5) is 5.69 Å². The maximum Gasteiger partial charge on any atom is 0.340 e. The zero-order chi connectivity index (χ0) is 26.7. The molecule has 0 unspecified atom stereocenters. The van der Waals surface area contributed by atoms with Gasteiger partial charge in [0.05, 0.1) is 15.5 Å². The Bertz CT molecular complexity index is 1440. The predicted molar refractivity (Wildman–Crippen MR) is 145 cm³/mol. The Labute approximate surface area is 227 Å². The molecule has 0 bridgehead atoms. The average Bonchev–Trinajstić information content (AvgIpc) is 2.96. The van der Waals surface area contributed by atoms with Crippen molar-refractivity contribution in [2.45, 2.75) is 17.9 Å². The molecule has 0 spiro atoms. The minimum Gasteiger partial charge on any atom is -0.452 e. The molecule has 5 rings (SSSR count). The number of esters is 1. The number of benzene rings is 3. The van der Waals surface area contributed by atoms with E-state index in [0.717, 1.165) is 17.7 Å². The smallest absolute Gasteiger partial charge is 0.340 e. The van der Waals surface area contributed by atoms with Crippen LogP contribution in [0.1, 0.15) is 21.5 Å². The highest BCUT2D eigenvalue weighted by atomic mass is 35.5. The van der Waals surface area contributed by atoms with Crippen LogP contribution in [-0.4, -0.2) is 68.8 Å². The molecular weight excluding hydrogens is 526 g/mol. The van der Waals surface area contributed by atoms with Crippen LogP contribution >= 0.6 is 11.6 Å². The molecule has 10 heteroatoms. The van der Waals surface area contributed by atoms with Gasteiger partial charge in [0.15, 0.2) is 6.61 Å². The minimum absolute atomic E-state index is 0.0408. The molecule has 2 aliphatic heterocycles. The zero-order valence-corrected chi connectivity index (χ0v) is 22.3. The molecule has 0 atom stereocenters. The van der Waals surface area contributed by atoms with Gasteiger partial charge in [0.25, 0.3) is 5.91 Å². The molecule has 1 fully saturated rings. The first kappa shape index (κ1) is 26.2. The number of rotatable bonds is 6. The van der Waals surface area contributed by atoms with Gasteiger partial charge in [0, 0.05) is 45.0 Å². The van der Waals surface area contributed by atoms with Crippen LogP contribution in [-0.2, 0) is 32.5 Å². The molecule has 3 aromatic rings. The van der Waals surface area contributed by atoms with Crippen molar-refractivity contribution in [3.63, 3.8) is 0 Å². The molecule has 0 N–H and O–H groups in total. The first-order valence-corrected chi connectivity index (χ1v) is 14.3. The third-order valence-corrected chi connectivity index (χ3v) is 9.19. The van der Waals surface area contributed by atoms with Crippen LogP contribution in [0.5, 0.6) is 0 Å². The molecule has 2 aliphatic rings. The first-order chi connectivity index (χ1) is 18.3. The van der Waals surface area contributed by atoms with Gasteiger partial charge >= 0.3 is 5.97 Å². The fourth-order valence-corrected chi connectivity index (χ4v) is 6.44. The van der Waals surface area contributed by atoms with Crippen LogP contribution in [0.2, 0.25) is 5.02 Å². The molecule has 1 saturated heterocycles. The standard InChI is InChI=1S/C28H28ClN3O5S/c29-26-11-10-24(38(35,36)32-16-14-30(15-17-32)23-8-2-1-3-9-23)18-25(26)28(34)37-20-27(33)31-13-12-21-6-4-5-7-22(21)19-31/h1-11,18H,12-17,19-20H2. The van der Waals surface area contributed by atoms with Gasteiger partial charge in [-0.15, -0.1) is 0 Å². The Morgan fingerprint density at radius 2 is 1.53 bits per heavy atom. The summed E-state index contributed by atoms with van der Waals surface area (Å²) >= 11 is 6.22. The maximum atomic E-state index is 13.3. The summed E-state index contributed by atoms with van der Waals surface area (Å²) in [5.41, 5.74) is 3.24. The third kappa shape index (κ3) is 5.55. The van der Waals surface area contributed by atoms with E-state index >= 15 is 0 Å². The summed E-state index contributed by atoms with van der Waals surface area (Å²) < 4.78 is 33.3. The van der Waals surface area contributed by atoms with E-state index in [1.807, 2.05) is 54.6 Å². The van der Waals surface area contributed by atoms with Crippen LogP contribution < -0.4 is 4.90 Å². The monoisotopic (exact) mass is 553 g/mol. The molecule has 0 aliphatic carbocycles. The van der Waals surface area contributed by atoms with E-state index in [0.29, 0.717) is 39.3 Å². The van der Waals surface area contributed by atoms with Gasteiger partial charge in [-0.2, -0.15) is 4.31 Å². The summed E-state index contributed by atoms with van der Waals surface area (Å²) in [6.07, 6.45) is 0.737. The highest BCUT2D eigenvalue weighted by Crippen LogP contribution is 2.26. The number of nitrogens with zero attached hydrogens (tertiary/aromatic N) is 3. The number of sulfonamides is 1. The highest BCUT2D eigenvalue weighted by Gasteiger charge is 2.30. The van der Waals surface area contributed by atoms with Gasteiger partial charge in [-0.25, -0.2) is 13.2 Å². The lowest BCUT2D eigenvalue weighted by Gasteiger charge is -2.35. The molecular formula is C28H28ClN3O5S. The fraction of sp³-hybridized carbons (Fsp3) is 0.286. The summed E-state index contributed by atoms with van der Waals surface area (Å²) in [6, 6.07) is 21.7. The Hall–Kier alpha value is -3.40. The second kappa shape index (κ2) is 11.1. The average molecular weight is 554 g/mol.